The molecule has 11 heavy (non-hydrogen) atoms. The monoisotopic (exact) mass is 152 g/mol. The molecule has 6 atom stereocenters. The zero-order chi connectivity index (χ0) is 7.00. The Balaban J connectivity index is 1.65. The van der Waals surface area contributed by atoms with Crippen molar-refractivity contribution in [1.82, 2.24) is 0 Å². The molecule has 0 aromatic heterocycles. The maximum absolute atomic E-state index is 5.53. The van der Waals surface area contributed by atoms with Gasteiger partial charge in [0.1, 0.15) is 0 Å². The Labute approximate surface area is 65.9 Å². The average molecular weight is 152 g/mol. The van der Waals surface area contributed by atoms with E-state index in [2.05, 4.69) is 0 Å². The van der Waals surface area contributed by atoms with E-state index in [1.165, 1.54) is 19.3 Å². The second-order valence-corrected chi connectivity index (χ2v) is 4.48. The predicted octanol–water partition coefficient (Wildman–Crippen LogP) is 0.951. The third-order valence-corrected chi connectivity index (χ3v) is 3.91. The maximum atomic E-state index is 5.53. The van der Waals surface area contributed by atoms with Crippen molar-refractivity contribution >= 4 is 0 Å². The van der Waals surface area contributed by atoms with E-state index in [4.69, 9.17) is 9.47 Å². The summed E-state index contributed by atoms with van der Waals surface area (Å²) < 4.78 is 11.1. The maximum Gasteiger partial charge on any atom is 0.0873 e. The van der Waals surface area contributed by atoms with Gasteiger partial charge in [0.05, 0.1) is 24.4 Å². The minimum absolute atomic E-state index is 0.638. The molecule has 2 saturated carbocycles. The fourth-order valence-corrected chi connectivity index (χ4v) is 3.22. The van der Waals surface area contributed by atoms with Crippen molar-refractivity contribution in [3.8, 4) is 0 Å². The Morgan fingerprint density at radius 1 is 0.818 bits per heavy atom. The van der Waals surface area contributed by atoms with Crippen LogP contribution in [0, 0.1) is 11.8 Å². The van der Waals surface area contributed by atoms with Crippen molar-refractivity contribution in [2.75, 3.05) is 0 Å². The fourth-order valence-electron chi connectivity index (χ4n) is 3.22. The number of fused-ring (bicyclic) bond motifs is 4. The summed E-state index contributed by atoms with van der Waals surface area (Å²) in [6, 6.07) is 0. The summed E-state index contributed by atoms with van der Waals surface area (Å²) in [7, 11) is 0. The van der Waals surface area contributed by atoms with Gasteiger partial charge in [0.15, 0.2) is 0 Å². The van der Waals surface area contributed by atoms with Gasteiger partial charge in [-0.25, -0.2) is 0 Å². The number of hydrogen-bond acceptors (Lipinski definition) is 2. The minimum Gasteiger partial charge on any atom is -0.370 e. The molecular weight excluding hydrogens is 140 g/mol. The Bertz CT molecular complexity index is 216. The molecule has 0 spiro atoms. The van der Waals surface area contributed by atoms with Gasteiger partial charge in [-0.2, -0.15) is 0 Å². The van der Waals surface area contributed by atoms with Crippen LogP contribution in [0.1, 0.15) is 19.3 Å². The summed E-state index contributed by atoms with van der Waals surface area (Å²) >= 11 is 0. The number of rotatable bonds is 0. The van der Waals surface area contributed by atoms with E-state index < -0.39 is 0 Å². The lowest BCUT2D eigenvalue weighted by Gasteiger charge is -2.23. The minimum atomic E-state index is 0.638. The predicted molar refractivity (Wildman–Crippen MR) is 38.2 cm³/mol. The highest BCUT2D eigenvalue weighted by molar-refractivity contribution is 5.09. The Hall–Kier alpha value is -0.0800. The molecule has 0 bridgehead atoms. The smallest absolute Gasteiger partial charge is 0.0873 e. The van der Waals surface area contributed by atoms with Crippen LogP contribution in [0.3, 0.4) is 0 Å². The number of ether oxygens (including phenoxy) is 2. The summed E-state index contributed by atoms with van der Waals surface area (Å²) in [5.74, 6) is 1.84. The van der Waals surface area contributed by atoms with Crippen molar-refractivity contribution in [3.63, 3.8) is 0 Å². The first kappa shape index (κ1) is 5.55. The lowest BCUT2D eigenvalue weighted by molar-refractivity contribution is 0.171. The first-order chi connectivity index (χ1) is 5.42. The van der Waals surface area contributed by atoms with Crippen LogP contribution in [0.4, 0.5) is 0 Å². The summed E-state index contributed by atoms with van der Waals surface area (Å²) in [5, 5.41) is 0. The van der Waals surface area contributed by atoms with Crippen LogP contribution in [0.25, 0.3) is 0 Å². The van der Waals surface area contributed by atoms with E-state index in [1.807, 2.05) is 0 Å². The van der Waals surface area contributed by atoms with Crippen LogP contribution in [0.15, 0.2) is 0 Å². The van der Waals surface area contributed by atoms with Crippen molar-refractivity contribution in [1.29, 1.82) is 0 Å². The first-order valence-electron chi connectivity index (χ1n) is 4.73. The molecule has 2 heteroatoms. The number of hydrogen-bond donors (Lipinski definition) is 0. The van der Waals surface area contributed by atoms with Crippen LogP contribution < -0.4 is 0 Å². The van der Waals surface area contributed by atoms with Crippen molar-refractivity contribution in [2.45, 2.75) is 43.7 Å². The van der Waals surface area contributed by atoms with Gasteiger partial charge in [0.25, 0.3) is 0 Å². The van der Waals surface area contributed by atoms with E-state index in [0.717, 1.165) is 11.8 Å². The highest BCUT2D eigenvalue weighted by Crippen LogP contribution is 2.56. The largest absolute Gasteiger partial charge is 0.370 e. The molecule has 0 amide bonds. The third-order valence-electron chi connectivity index (χ3n) is 3.91. The number of epoxide rings is 2. The topological polar surface area (TPSA) is 25.1 Å². The van der Waals surface area contributed by atoms with Crippen LogP contribution in [0.5, 0.6) is 0 Å². The molecule has 2 heterocycles. The van der Waals surface area contributed by atoms with E-state index in [1.54, 1.807) is 0 Å². The normalized spacial score (nSPS) is 69.8. The molecular formula is C9H12O2. The molecule has 60 valence electrons. The van der Waals surface area contributed by atoms with Gasteiger partial charge in [-0.15, -0.1) is 0 Å². The highest BCUT2D eigenvalue weighted by atomic mass is 16.6. The van der Waals surface area contributed by atoms with Crippen LogP contribution >= 0.6 is 0 Å². The lowest BCUT2D eigenvalue weighted by Crippen LogP contribution is -2.24. The molecule has 2 aliphatic heterocycles. The molecule has 4 rings (SSSR count). The Morgan fingerprint density at radius 3 is 2.64 bits per heavy atom. The zero-order valence-electron chi connectivity index (χ0n) is 6.40. The van der Waals surface area contributed by atoms with E-state index >= 15 is 0 Å². The lowest BCUT2D eigenvalue weighted by atomic mass is 9.81. The van der Waals surface area contributed by atoms with Gasteiger partial charge in [-0.1, -0.05) is 0 Å². The highest BCUT2D eigenvalue weighted by Gasteiger charge is 2.61. The summed E-state index contributed by atoms with van der Waals surface area (Å²) in [5.41, 5.74) is 0. The van der Waals surface area contributed by atoms with Crippen molar-refractivity contribution < 1.29 is 9.47 Å². The molecule has 0 aromatic carbocycles. The molecule has 4 fully saturated rings. The SMILES string of the molecule is C1[C@@H]2[C@H](C[C@H]3O[C@@H]23)C[C@H]2O[C@@H]12. The van der Waals surface area contributed by atoms with Gasteiger partial charge >= 0.3 is 0 Å². The molecule has 0 radical (unpaired) electrons. The molecule has 0 aromatic rings. The molecule has 2 aliphatic carbocycles. The zero-order valence-corrected chi connectivity index (χ0v) is 6.40. The molecule has 2 saturated heterocycles. The van der Waals surface area contributed by atoms with Crippen LogP contribution in [0.2, 0.25) is 0 Å². The summed E-state index contributed by atoms with van der Waals surface area (Å²) in [6.45, 7) is 0. The van der Waals surface area contributed by atoms with E-state index in [0.29, 0.717) is 24.4 Å². The summed E-state index contributed by atoms with van der Waals surface area (Å²) in [6.07, 6.45) is 6.60. The van der Waals surface area contributed by atoms with Gasteiger partial charge in [-0.3, -0.25) is 0 Å². The molecule has 0 unspecified atom stereocenters. The van der Waals surface area contributed by atoms with Gasteiger partial charge in [0.2, 0.25) is 0 Å². The average Bonchev–Trinajstić information content (AvgIpc) is 2.84. The van der Waals surface area contributed by atoms with Gasteiger partial charge in [-0.05, 0) is 31.1 Å². The van der Waals surface area contributed by atoms with Crippen LogP contribution in [-0.2, 0) is 9.47 Å². The van der Waals surface area contributed by atoms with Gasteiger partial charge < -0.3 is 9.47 Å². The Kier molecular flexibility index (Phi) is 0.758. The first-order valence-corrected chi connectivity index (χ1v) is 4.73. The van der Waals surface area contributed by atoms with Crippen molar-refractivity contribution in [3.05, 3.63) is 0 Å². The molecule has 2 nitrogen and oxygen atoms in total. The molecule has 0 N–H and O–H groups in total. The molecule has 4 aliphatic rings. The second-order valence-electron chi connectivity index (χ2n) is 4.48. The van der Waals surface area contributed by atoms with Gasteiger partial charge in [0, 0.05) is 0 Å². The van der Waals surface area contributed by atoms with Crippen molar-refractivity contribution in [2.24, 2.45) is 11.8 Å². The van der Waals surface area contributed by atoms with Crippen LogP contribution in [-0.4, -0.2) is 24.4 Å². The Morgan fingerprint density at radius 2 is 1.64 bits per heavy atom. The summed E-state index contributed by atoms with van der Waals surface area (Å²) in [4.78, 5) is 0. The fraction of sp³-hybridized carbons (Fsp3) is 1.00. The van der Waals surface area contributed by atoms with E-state index in [-0.39, 0.29) is 0 Å². The third kappa shape index (κ3) is 0.611. The second kappa shape index (κ2) is 1.50. The van der Waals surface area contributed by atoms with E-state index in [9.17, 15) is 0 Å². The quantitative estimate of drug-likeness (QED) is 0.483. The standard InChI is InChI=1S/C9H12O2/c1-4-2-8-9(11-8)5(4)3-7-6(1)10-7/h4-9H,1-3H2/t4-,5+,6+,7-,8+,9-/m0/s1.